The van der Waals surface area contributed by atoms with Crippen LogP contribution in [0.1, 0.15) is 0 Å². The largest absolute Gasteiger partial charge is 0.493 e. The van der Waals surface area contributed by atoms with Crippen molar-refractivity contribution in [3.8, 4) is 11.5 Å². The summed E-state index contributed by atoms with van der Waals surface area (Å²) in [7, 11) is 3.16. The smallest absolute Gasteiger partial charge is 0.199 e. The Morgan fingerprint density at radius 2 is 1.75 bits per heavy atom. The normalized spacial score (nSPS) is 10.7. The van der Waals surface area contributed by atoms with E-state index in [4.69, 9.17) is 44.9 Å². The molecule has 3 rings (SSSR count). The number of nitrogens with zero attached hydrogens (tertiary/aromatic N) is 1. The Morgan fingerprint density at radius 1 is 1.04 bits per heavy atom. The van der Waals surface area contributed by atoms with E-state index in [0.717, 1.165) is 16.6 Å². The van der Waals surface area contributed by atoms with Gasteiger partial charge in [-0.15, -0.1) is 0 Å². The monoisotopic (exact) mass is 381 g/mol. The average Bonchev–Trinajstić information content (AvgIpc) is 2.57. The molecule has 0 aliphatic rings. The van der Waals surface area contributed by atoms with Crippen LogP contribution < -0.4 is 14.8 Å². The number of benzene rings is 2. The van der Waals surface area contributed by atoms with Gasteiger partial charge < -0.3 is 19.8 Å². The lowest BCUT2D eigenvalue weighted by molar-refractivity contribution is 0.356. The van der Waals surface area contributed by atoms with Crippen molar-refractivity contribution in [1.82, 2.24) is 9.97 Å². The van der Waals surface area contributed by atoms with E-state index in [1.54, 1.807) is 26.4 Å². The quantitative estimate of drug-likeness (QED) is 0.595. The lowest BCUT2D eigenvalue weighted by Crippen LogP contribution is -1.99. The van der Waals surface area contributed by atoms with Crippen molar-refractivity contribution in [3.63, 3.8) is 0 Å². The Morgan fingerprint density at radius 3 is 2.42 bits per heavy atom. The summed E-state index contributed by atoms with van der Waals surface area (Å²) in [5.41, 5.74) is 1.52. The van der Waals surface area contributed by atoms with Gasteiger partial charge in [0.15, 0.2) is 16.3 Å². The Hall–Kier alpha value is -2.02. The standard InChI is InChI=1S/C16H13Cl2N3O2S/c1-22-13-6-9-12(7-14(13)23-2)20-16(24)21-15(9)19-8-3-4-10(17)11(18)5-8/h3-7H,1-2H3,(H2,19,20,21,24). The van der Waals surface area contributed by atoms with Crippen LogP contribution in [0.4, 0.5) is 11.5 Å². The highest BCUT2D eigenvalue weighted by Crippen LogP contribution is 2.35. The third-order valence-electron chi connectivity index (χ3n) is 3.42. The molecule has 8 heteroatoms. The number of fused-ring (bicyclic) bond motifs is 1. The van der Waals surface area contributed by atoms with Crippen molar-refractivity contribution in [3.05, 3.63) is 45.1 Å². The number of nitrogens with one attached hydrogen (secondary N) is 2. The van der Waals surface area contributed by atoms with Crippen molar-refractivity contribution in [2.45, 2.75) is 0 Å². The minimum Gasteiger partial charge on any atom is -0.493 e. The topological polar surface area (TPSA) is 59.2 Å². The molecule has 1 heterocycles. The maximum atomic E-state index is 6.06. The fourth-order valence-corrected chi connectivity index (χ4v) is 2.79. The molecule has 0 bridgehead atoms. The van der Waals surface area contributed by atoms with Crippen LogP contribution in [0.15, 0.2) is 30.3 Å². The third-order valence-corrected chi connectivity index (χ3v) is 4.35. The van der Waals surface area contributed by atoms with E-state index in [9.17, 15) is 0 Å². The van der Waals surface area contributed by atoms with Gasteiger partial charge in [0.1, 0.15) is 5.82 Å². The Bertz CT molecular complexity index is 975. The maximum Gasteiger partial charge on any atom is 0.199 e. The minimum absolute atomic E-state index is 0.345. The molecule has 1 aromatic heterocycles. The van der Waals surface area contributed by atoms with E-state index < -0.39 is 0 Å². The average molecular weight is 382 g/mol. The van der Waals surface area contributed by atoms with Gasteiger partial charge in [0, 0.05) is 17.1 Å². The number of H-pyrrole nitrogens is 1. The van der Waals surface area contributed by atoms with Crippen LogP contribution in [-0.2, 0) is 0 Å². The summed E-state index contributed by atoms with van der Waals surface area (Å²) < 4.78 is 11.0. The predicted molar refractivity (Wildman–Crippen MR) is 99.8 cm³/mol. The zero-order chi connectivity index (χ0) is 17.3. The van der Waals surface area contributed by atoms with Gasteiger partial charge in [0.25, 0.3) is 0 Å². The molecule has 0 saturated heterocycles. The second-order valence-electron chi connectivity index (χ2n) is 4.90. The van der Waals surface area contributed by atoms with Gasteiger partial charge in [-0.05, 0) is 36.5 Å². The Labute approximate surface area is 153 Å². The number of hydrogen-bond acceptors (Lipinski definition) is 5. The molecule has 2 aromatic carbocycles. The molecular weight excluding hydrogens is 369 g/mol. The van der Waals surface area contributed by atoms with Crippen LogP contribution in [0.5, 0.6) is 11.5 Å². The van der Waals surface area contributed by atoms with E-state index >= 15 is 0 Å². The van der Waals surface area contributed by atoms with E-state index in [0.29, 0.717) is 32.1 Å². The summed E-state index contributed by atoms with van der Waals surface area (Å²) in [4.78, 5) is 7.40. The van der Waals surface area contributed by atoms with E-state index in [1.807, 2.05) is 18.2 Å². The van der Waals surface area contributed by atoms with Crippen molar-refractivity contribution in [2.75, 3.05) is 19.5 Å². The second-order valence-corrected chi connectivity index (χ2v) is 6.10. The SMILES string of the molecule is COc1cc2[nH]c(=S)nc(Nc3ccc(Cl)c(Cl)c3)c2cc1OC. The molecule has 5 nitrogen and oxygen atoms in total. The van der Waals surface area contributed by atoms with Crippen molar-refractivity contribution < 1.29 is 9.47 Å². The van der Waals surface area contributed by atoms with Crippen molar-refractivity contribution in [1.29, 1.82) is 0 Å². The third kappa shape index (κ3) is 3.26. The molecule has 0 fully saturated rings. The molecule has 24 heavy (non-hydrogen) atoms. The van der Waals surface area contributed by atoms with Crippen LogP contribution in [0.25, 0.3) is 10.9 Å². The van der Waals surface area contributed by atoms with Crippen LogP contribution in [0, 0.1) is 4.77 Å². The molecular formula is C16H13Cl2N3O2S. The second kappa shape index (κ2) is 6.84. The molecule has 0 aliphatic carbocycles. The van der Waals surface area contributed by atoms with Crippen LogP contribution in [0.2, 0.25) is 10.0 Å². The molecule has 0 saturated carbocycles. The molecule has 0 amide bonds. The summed E-state index contributed by atoms with van der Waals surface area (Å²) in [6.45, 7) is 0. The molecule has 0 unspecified atom stereocenters. The summed E-state index contributed by atoms with van der Waals surface area (Å²) in [5, 5.41) is 4.94. The van der Waals surface area contributed by atoms with Gasteiger partial charge in [0.05, 0.1) is 29.8 Å². The zero-order valence-electron chi connectivity index (χ0n) is 12.8. The number of methoxy groups -OCH3 is 2. The summed E-state index contributed by atoms with van der Waals surface area (Å²) in [5.74, 6) is 1.77. The van der Waals surface area contributed by atoms with Gasteiger partial charge in [-0.3, -0.25) is 0 Å². The lowest BCUT2D eigenvalue weighted by Gasteiger charge is -2.13. The number of ether oxygens (including phenoxy) is 2. The summed E-state index contributed by atoms with van der Waals surface area (Å²) in [6.07, 6.45) is 0. The van der Waals surface area contributed by atoms with Crippen LogP contribution >= 0.6 is 35.4 Å². The summed E-state index contributed by atoms with van der Waals surface area (Å²) >= 11 is 17.2. The van der Waals surface area contributed by atoms with Gasteiger partial charge in [-0.1, -0.05) is 23.2 Å². The minimum atomic E-state index is 0.345. The lowest BCUT2D eigenvalue weighted by atomic mass is 10.2. The molecule has 2 N–H and O–H groups in total. The summed E-state index contributed by atoms with van der Waals surface area (Å²) in [6, 6.07) is 8.87. The molecule has 0 aliphatic heterocycles. The number of rotatable bonds is 4. The van der Waals surface area contributed by atoms with E-state index in [2.05, 4.69) is 15.3 Å². The first kappa shape index (κ1) is 16.8. The van der Waals surface area contributed by atoms with E-state index in [1.165, 1.54) is 0 Å². The van der Waals surface area contributed by atoms with Crippen LogP contribution in [0.3, 0.4) is 0 Å². The predicted octanol–water partition coefficient (Wildman–Crippen LogP) is 5.36. The first-order chi connectivity index (χ1) is 11.5. The number of anilines is 2. The highest BCUT2D eigenvalue weighted by molar-refractivity contribution is 7.71. The van der Waals surface area contributed by atoms with Gasteiger partial charge in [-0.2, -0.15) is 0 Å². The number of halogens is 2. The first-order valence-electron chi connectivity index (χ1n) is 6.90. The van der Waals surface area contributed by atoms with Crippen molar-refractivity contribution >= 4 is 57.8 Å². The highest BCUT2D eigenvalue weighted by Gasteiger charge is 2.11. The molecule has 0 atom stereocenters. The van der Waals surface area contributed by atoms with Gasteiger partial charge in [-0.25, -0.2) is 4.98 Å². The van der Waals surface area contributed by atoms with Gasteiger partial charge >= 0.3 is 0 Å². The molecule has 0 spiro atoms. The number of aromatic amines is 1. The molecule has 124 valence electrons. The number of aromatic nitrogens is 2. The zero-order valence-corrected chi connectivity index (χ0v) is 15.1. The van der Waals surface area contributed by atoms with Crippen molar-refractivity contribution in [2.24, 2.45) is 0 Å². The fourth-order valence-electron chi connectivity index (χ4n) is 2.29. The van der Waals surface area contributed by atoms with E-state index in [-0.39, 0.29) is 0 Å². The molecule has 3 aromatic rings. The maximum absolute atomic E-state index is 6.06. The number of hydrogen-bond donors (Lipinski definition) is 2. The highest BCUT2D eigenvalue weighted by atomic mass is 35.5. The first-order valence-corrected chi connectivity index (χ1v) is 8.06. The fraction of sp³-hybridized carbons (Fsp3) is 0.125. The van der Waals surface area contributed by atoms with Gasteiger partial charge in [0.2, 0.25) is 0 Å². The Kier molecular flexibility index (Phi) is 4.80. The van der Waals surface area contributed by atoms with Crippen LogP contribution in [-0.4, -0.2) is 24.2 Å². The molecule has 0 radical (unpaired) electrons. The Balaban J connectivity index is 2.15.